The van der Waals surface area contributed by atoms with Gasteiger partial charge in [-0.2, -0.15) is 0 Å². The highest BCUT2D eigenvalue weighted by Gasteiger charge is 2.25. The number of aromatic nitrogens is 1. The van der Waals surface area contributed by atoms with E-state index in [2.05, 4.69) is 4.57 Å². The lowest BCUT2D eigenvalue weighted by molar-refractivity contribution is 0.147. The molecule has 2 heterocycles. The van der Waals surface area contributed by atoms with Crippen molar-refractivity contribution in [3.8, 4) is 5.75 Å². The number of carboxylic acid groups (broad SMARTS) is 1. The molecule has 28 heavy (non-hydrogen) atoms. The summed E-state index contributed by atoms with van der Waals surface area (Å²) in [6.07, 6.45) is 0.359. The van der Waals surface area contributed by atoms with Gasteiger partial charge in [-0.05, 0) is 36.2 Å². The van der Waals surface area contributed by atoms with Crippen molar-refractivity contribution in [3.63, 3.8) is 0 Å². The molecule has 0 spiro atoms. The molecule has 0 fully saturated rings. The van der Waals surface area contributed by atoms with Crippen molar-refractivity contribution < 1.29 is 14.6 Å². The molecule has 5 nitrogen and oxygen atoms in total. The van der Waals surface area contributed by atoms with Crippen LogP contribution >= 0.6 is 23.2 Å². The summed E-state index contributed by atoms with van der Waals surface area (Å²) >= 11 is 12.8. The molecule has 7 heteroatoms. The fourth-order valence-electron chi connectivity index (χ4n) is 3.88. The summed E-state index contributed by atoms with van der Waals surface area (Å²) in [5.74, 6) is 0.822. The van der Waals surface area contributed by atoms with Crippen LogP contribution in [0.5, 0.6) is 5.75 Å². The van der Waals surface area contributed by atoms with E-state index in [4.69, 9.17) is 27.9 Å². The third-order valence-corrected chi connectivity index (χ3v) is 5.99. The average molecular weight is 419 g/mol. The van der Waals surface area contributed by atoms with Crippen LogP contribution in [0.3, 0.4) is 0 Å². The van der Waals surface area contributed by atoms with Gasteiger partial charge in [-0.1, -0.05) is 41.4 Å². The smallest absolute Gasteiger partial charge is 0.407 e. The Morgan fingerprint density at radius 1 is 1.07 bits per heavy atom. The van der Waals surface area contributed by atoms with E-state index in [1.54, 1.807) is 0 Å². The van der Waals surface area contributed by atoms with Crippen molar-refractivity contribution in [1.82, 2.24) is 9.47 Å². The zero-order valence-corrected chi connectivity index (χ0v) is 16.7. The highest BCUT2D eigenvalue weighted by Crippen LogP contribution is 2.38. The lowest BCUT2D eigenvalue weighted by Gasteiger charge is -2.16. The lowest BCUT2D eigenvalue weighted by atomic mass is 10.1. The van der Waals surface area contributed by atoms with E-state index in [9.17, 15) is 9.90 Å². The lowest BCUT2D eigenvalue weighted by Crippen LogP contribution is -2.31. The summed E-state index contributed by atoms with van der Waals surface area (Å²) in [5.41, 5.74) is 3.21. The molecule has 0 radical (unpaired) electrons. The van der Waals surface area contributed by atoms with Gasteiger partial charge in [0.1, 0.15) is 12.4 Å². The van der Waals surface area contributed by atoms with E-state index in [0.717, 1.165) is 27.9 Å². The maximum absolute atomic E-state index is 11.4. The summed E-state index contributed by atoms with van der Waals surface area (Å²) < 4.78 is 8.08. The second kappa shape index (κ2) is 7.94. The first-order chi connectivity index (χ1) is 13.6. The van der Waals surface area contributed by atoms with Gasteiger partial charge in [0.25, 0.3) is 0 Å². The van der Waals surface area contributed by atoms with Gasteiger partial charge >= 0.3 is 6.09 Å². The van der Waals surface area contributed by atoms with Crippen LogP contribution in [0.1, 0.15) is 11.3 Å². The van der Waals surface area contributed by atoms with Crippen LogP contribution in [-0.2, 0) is 19.4 Å². The van der Waals surface area contributed by atoms with E-state index in [-0.39, 0.29) is 0 Å². The van der Waals surface area contributed by atoms with E-state index >= 15 is 0 Å². The van der Waals surface area contributed by atoms with Crippen LogP contribution in [0.2, 0.25) is 10.0 Å². The van der Waals surface area contributed by atoms with Crippen LogP contribution in [0.4, 0.5) is 4.79 Å². The zero-order chi connectivity index (χ0) is 19.7. The Morgan fingerprint density at radius 2 is 1.82 bits per heavy atom. The Morgan fingerprint density at radius 3 is 2.57 bits per heavy atom. The predicted molar refractivity (Wildman–Crippen MR) is 111 cm³/mol. The molecule has 2 aromatic carbocycles. The first kappa shape index (κ1) is 19.0. The van der Waals surface area contributed by atoms with Crippen molar-refractivity contribution in [2.45, 2.75) is 19.4 Å². The summed E-state index contributed by atoms with van der Waals surface area (Å²) in [7, 11) is 0. The Kier molecular flexibility index (Phi) is 5.38. The van der Waals surface area contributed by atoms with Crippen LogP contribution in [-0.4, -0.2) is 40.4 Å². The van der Waals surface area contributed by atoms with Crippen molar-refractivity contribution in [2.75, 3.05) is 19.7 Å². The molecule has 146 valence electrons. The second-order valence-corrected chi connectivity index (χ2v) is 7.55. The van der Waals surface area contributed by atoms with Crippen molar-refractivity contribution >= 4 is 40.2 Å². The van der Waals surface area contributed by atoms with Crippen LogP contribution < -0.4 is 4.74 Å². The topological polar surface area (TPSA) is 54.7 Å². The fraction of sp³-hybridized carbons (Fsp3) is 0.286. The minimum Gasteiger partial charge on any atom is -0.492 e. The molecule has 4 rings (SSSR count). The number of fused-ring (bicyclic) bond motifs is 3. The first-order valence-electron chi connectivity index (χ1n) is 9.20. The number of amides is 1. The molecule has 1 N–H and O–H groups in total. The number of nitrogens with zero attached hydrogens (tertiary/aromatic N) is 2. The Hall–Kier alpha value is -2.37. The largest absolute Gasteiger partial charge is 0.492 e. The van der Waals surface area contributed by atoms with Crippen LogP contribution in [0.25, 0.3) is 10.9 Å². The average Bonchev–Trinajstić information content (AvgIpc) is 2.84. The second-order valence-electron chi connectivity index (χ2n) is 6.76. The SMILES string of the molecule is O=C(O)N1CCc2c(n(CCOc3ccccc3)c3ccc(Cl)c(Cl)c23)CC1. The zero-order valence-electron chi connectivity index (χ0n) is 15.2. The maximum atomic E-state index is 11.4. The molecule has 0 unspecified atom stereocenters. The third-order valence-electron chi connectivity index (χ3n) is 5.19. The van der Waals surface area contributed by atoms with Crippen molar-refractivity contribution in [2.24, 2.45) is 0 Å². The molecule has 1 amide bonds. The molecule has 1 aliphatic rings. The minimum absolute atomic E-state index is 0.449. The molecular formula is C21H20Cl2N2O3. The molecule has 0 aliphatic carbocycles. The third kappa shape index (κ3) is 3.52. The molecule has 1 aromatic heterocycles. The monoisotopic (exact) mass is 418 g/mol. The Labute approximate surface area is 173 Å². The van der Waals surface area contributed by atoms with Gasteiger partial charge in [0.05, 0.1) is 22.1 Å². The summed E-state index contributed by atoms with van der Waals surface area (Å²) in [6.45, 7) is 2.06. The van der Waals surface area contributed by atoms with Gasteiger partial charge in [0, 0.05) is 30.6 Å². The van der Waals surface area contributed by atoms with Crippen LogP contribution in [0.15, 0.2) is 42.5 Å². The van der Waals surface area contributed by atoms with Gasteiger partial charge in [-0.25, -0.2) is 4.79 Å². The van der Waals surface area contributed by atoms with Crippen LogP contribution in [0, 0.1) is 0 Å². The fourth-order valence-corrected chi connectivity index (χ4v) is 4.31. The van der Waals surface area contributed by atoms with E-state index in [1.807, 2.05) is 42.5 Å². The van der Waals surface area contributed by atoms with Gasteiger partial charge in [0.2, 0.25) is 0 Å². The molecule has 0 saturated heterocycles. The molecular weight excluding hydrogens is 399 g/mol. The summed E-state index contributed by atoms with van der Waals surface area (Å²) in [5, 5.41) is 11.3. The molecule has 1 aliphatic heterocycles. The number of para-hydroxylation sites is 1. The van der Waals surface area contributed by atoms with E-state index in [1.165, 1.54) is 4.90 Å². The van der Waals surface area contributed by atoms with E-state index in [0.29, 0.717) is 49.1 Å². The summed E-state index contributed by atoms with van der Waals surface area (Å²) in [4.78, 5) is 12.9. The first-order valence-corrected chi connectivity index (χ1v) is 9.95. The molecule has 3 aromatic rings. The van der Waals surface area contributed by atoms with Gasteiger partial charge in [0.15, 0.2) is 0 Å². The predicted octanol–water partition coefficient (Wildman–Crippen LogP) is 5.11. The number of benzene rings is 2. The molecule has 0 atom stereocenters. The van der Waals surface area contributed by atoms with Gasteiger partial charge < -0.3 is 19.3 Å². The standard InChI is InChI=1S/C21H20Cl2N2O3/c22-16-6-7-18-19(20(16)23)15-8-10-24(21(26)27)11-9-17(15)25(18)12-13-28-14-4-2-1-3-5-14/h1-7H,8-13H2,(H,26,27). The number of halogens is 2. The highest BCUT2D eigenvalue weighted by molar-refractivity contribution is 6.45. The number of rotatable bonds is 4. The van der Waals surface area contributed by atoms with Gasteiger partial charge in [-0.3, -0.25) is 0 Å². The normalized spacial score (nSPS) is 14.0. The molecule has 0 bridgehead atoms. The number of hydrogen-bond donors (Lipinski definition) is 1. The number of hydrogen-bond acceptors (Lipinski definition) is 2. The Bertz CT molecular complexity index is 1020. The number of ether oxygens (including phenoxy) is 1. The van der Waals surface area contributed by atoms with Crippen molar-refractivity contribution in [3.05, 3.63) is 63.8 Å². The number of carbonyl (C=O) groups is 1. The van der Waals surface area contributed by atoms with E-state index < -0.39 is 6.09 Å². The minimum atomic E-state index is -0.891. The highest BCUT2D eigenvalue weighted by atomic mass is 35.5. The Balaban J connectivity index is 1.69. The van der Waals surface area contributed by atoms with Gasteiger partial charge in [-0.15, -0.1) is 0 Å². The summed E-state index contributed by atoms with van der Waals surface area (Å²) in [6, 6.07) is 13.5. The quantitative estimate of drug-likeness (QED) is 0.640. The van der Waals surface area contributed by atoms with Crippen molar-refractivity contribution in [1.29, 1.82) is 0 Å². The maximum Gasteiger partial charge on any atom is 0.407 e. The molecule has 0 saturated carbocycles.